The van der Waals surface area contributed by atoms with Crippen molar-refractivity contribution in [3.63, 3.8) is 0 Å². The number of nitrogens with zero attached hydrogens (tertiary/aromatic N) is 2. The van der Waals surface area contributed by atoms with Gasteiger partial charge in [-0.2, -0.15) is 0 Å². The molecule has 0 aliphatic carbocycles. The fourth-order valence-corrected chi connectivity index (χ4v) is 2.33. The fraction of sp³-hybridized carbons (Fsp3) is 0.125. The maximum absolute atomic E-state index is 13.0. The van der Waals surface area contributed by atoms with Crippen molar-refractivity contribution in [2.75, 3.05) is 4.90 Å². The van der Waals surface area contributed by atoms with Gasteiger partial charge in [0.15, 0.2) is 0 Å². The second-order valence-corrected chi connectivity index (χ2v) is 5.13. The molecule has 7 nitrogen and oxygen atoms in total. The number of carbonyl (C=O) groups excluding carboxylic acids is 3. The lowest BCUT2D eigenvalue weighted by Crippen LogP contribution is -2.48. The smallest absolute Gasteiger partial charge is 0.265 e. The minimum absolute atomic E-state index is 0.104. The van der Waals surface area contributed by atoms with Crippen LogP contribution < -0.4 is 15.8 Å². The van der Waals surface area contributed by atoms with Gasteiger partial charge in [-0.1, -0.05) is 0 Å². The van der Waals surface area contributed by atoms with Crippen LogP contribution in [-0.4, -0.2) is 28.7 Å². The van der Waals surface area contributed by atoms with Crippen LogP contribution in [0.25, 0.3) is 0 Å². The Morgan fingerprint density at radius 2 is 1.79 bits per heavy atom. The monoisotopic (exact) mass is 328 g/mol. The zero-order valence-corrected chi connectivity index (χ0v) is 12.4. The number of nitrogens with one attached hydrogen (secondary N) is 2. The summed E-state index contributed by atoms with van der Waals surface area (Å²) in [5.41, 5.74) is 5.62. The van der Waals surface area contributed by atoms with Crippen molar-refractivity contribution in [3.05, 3.63) is 60.2 Å². The number of halogens is 1. The van der Waals surface area contributed by atoms with Gasteiger partial charge in [-0.15, -0.1) is 0 Å². The zero-order chi connectivity index (χ0) is 17.1. The molecule has 1 aromatic carbocycles. The van der Waals surface area contributed by atoms with Crippen molar-refractivity contribution in [3.8, 4) is 0 Å². The molecule has 2 N–H and O–H groups in total. The number of hydrazine groups is 1. The molecule has 8 heteroatoms. The molecule has 3 rings (SSSR count). The molecule has 2 heterocycles. The van der Waals surface area contributed by atoms with Gasteiger partial charge in [0.2, 0.25) is 5.91 Å². The summed E-state index contributed by atoms with van der Waals surface area (Å²) >= 11 is 0. The van der Waals surface area contributed by atoms with E-state index in [1.807, 2.05) is 0 Å². The minimum Gasteiger partial charge on any atom is -0.287 e. The third kappa shape index (κ3) is 3.13. The number of rotatable bonds is 4. The van der Waals surface area contributed by atoms with Crippen LogP contribution in [0.4, 0.5) is 10.1 Å². The molecule has 1 fully saturated rings. The Balaban J connectivity index is 1.66. The van der Waals surface area contributed by atoms with Crippen molar-refractivity contribution in [1.29, 1.82) is 0 Å². The van der Waals surface area contributed by atoms with Crippen LogP contribution in [0.2, 0.25) is 0 Å². The molecule has 0 bridgehead atoms. The summed E-state index contributed by atoms with van der Waals surface area (Å²) in [7, 11) is 0. The van der Waals surface area contributed by atoms with E-state index in [1.54, 1.807) is 0 Å². The zero-order valence-electron chi connectivity index (χ0n) is 12.4. The van der Waals surface area contributed by atoms with Crippen LogP contribution in [0.5, 0.6) is 0 Å². The van der Waals surface area contributed by atoms with Crippen LogP contribution in [0.15, 0.2) is 48.8 Å². The van der Waals surface area contributed by atoms with Crippen molar-refractivity contribution < 1.29 is 18.8 Å². The van der Waals surface area contributed by atoms with E-state index < -0.39 is 29.6 Å². The first-order valence-corrected chi connectivity index (χ1v) is 7.14. The number of imide groups is 1. The third-order valence-corrected chi connectivity index (χ3v) is 3.53. The van der Waals surface area contributed by atoms with Crippen molar-refractivity contribution in [2.24, 2.45) is 0 Å². The van der Waals surface area contributed by atoms with E-state index in [0.29, 0.717) is 5.56 Å². The van der Waals surface area contributed by atoms with Gasteiger partial charge < -0.3 is 0 Å². The molecule has 2 aromatic rings. The average Bonchev–Trinajstić information content (AvgIpc) is 2.88. The first-order chi connectivity index (χ1) is 11.6. The summed E-state index contributed by atoms with van der Waals surface area (Å²) in [6.07, 6.45) is 2.83. The minimum atomic E-state index is -0.881. The average molecular weight is 328 g/mol. The maximum atomic E-state index is 13.0. The summed E-state index contributed by atoms with van der Waals surface area (Å²) in [5.74, 6) is -1.85. The molecule has 1 aromatic heterocycles. The van der Waals surface area contributed by atoms with E-state index in [4.69, 9.17) is 0 Å². The number of pyridine rings is 1. The molecule has 0 unspecified atom stereocenters. The Bertz CT molecular complexity index is 780. The Labute approximate surface area is 136 Å². The quantitative estimate of drug-likeness (QED) is 0.639. The Hall–Kier alpha value is -3.13. The van der Waals surface area contributed by atoms with Crippen molar-refractivity contribution in [2.45, 2.75) is 12.5 Å². The van der Waals surface area contributed by atoms with E-state index in [-0.39, 0.29) is 12.1 Å². The summed E-state index contributed by atoms with van der Waals surface area (Å²) in [6.45, 7) is 0. The highest BCUT2D eigenvalue weighted by atomic mass is 19.1. The third-order valence-electron chi connectivity index (χ3n) is 3.53. The summed E-state index contributed by atoms with van der Waals surface area (Å²) in [4.78, 5) is 41.1. The Morgan fingerprint density at radius 1 is 1.12 bits per heavy atom. The lowest BCUT2D eigenvalue weighted by Gasteiger charge is -2.15. The molecule has 0 spiro atoms. The Kier molecular flexibility index (Phi) is 4.30. The number of amides is 3. The summed E-state index contributed by atoms with van der Waals surface area (Å²) in [6, 6.07) is 7.19. The first-order valence-electron chi connectivity index (χ1n) is 7.14. The van der Waals surface area contributed by atoms with Gasteiger partial charge in [-0.25, -0.2) is 14.7 Å². The topological polar surface area (TPSA) is 91.4 Å². The molecular weight excluding hydrogens is 315 g/mol. The molecule has 122 valence electrons. The van der Waals surface area contributed by atoms with E-state index in [9.17, 15) is 18.8 Å². The predicted molar refractivity (Wildman–Crippen MR) is 82.1 cm³/mol. The molecular formula is C16H13FN4O3. The highest BCUT2D eigenvalue weighted by Gasteiger charge is 2.39. The number of hydrogen-bond acceptors (Lipinski definition) is 5. The Morgan fingerprint density at radius 3 is 2.46 bits per heavy atom. The van der Waals surface area contributed by atoms with Crippen molar-refractivity contribution >= 4 is 23.4 Å². The van der Waals surface area contributed by atoms with E-state index in [1.165, 1.54) is 48.8 Å². The van der Waals surface area contributed by atoms with Gasteiger partial charge in [-0.05, 0) is 36.4 Å². The number of aromatic nitrogens is 1. The molecule has 3 amide bonds. The second-order valence-electron chi connectivity index (χ2n) is 5.13. The number of carbonyl (C=O) groups is 3. The van der Waals surface area contributed by atoms with Crippen LogP contribution in [0.3, 0.4) is 0 Å². The predicted octanol–water partition coefficient (Wildman–Crippen LogP) is 0.787. The van der Waals surface area contributed by atoms with Gasteiger partial charge in [0.1, 0.15) is 11.9 Å². The molecule has 1 saturated heterocycles. The summed E-state index contributed by atoms with van der Waals surface area (Å²) in [5, 5.41) is 0. The lowest BCUT2D eigenvalue weighted by molar-refractivity contribution is -0.121. The van der Waals surface area contributed by atoms with Gasteiger partial charge in [0.25, 0.3) is 11.8 Å². The van der Waals surface area contributed by atoms with Crippen LogP contribution >= 0.6 is 0 Å². The SMILES string of the molecule is O=C(NN[C@@H]1CC(=O)N(c2ccc(F)cc2)C1=O)c1ccncc1. The molecule has 1 aliphatic heterocycles. The van der Waals surface area contributed by atoms with E-state index in [0.717, 1.165) is 4.90 Å². The standard InChI is InChI=1S/C16H13FN4O3/c17-11-1-3-12(4-2-11)21-14(22)9-13(16(21)24)19-20-15(23)10-5-7-18-8-6-10/h1-8,13,19H,9H2,(H,20,23)/t13-/m1/s1. The van der Waals surface area contributed by atoms with Crippen molar-refractivity contribution in [1.82, 2.24) is 15.8 Å². The number of benzene rings is 1. The summed E-state index contributed by atoms with van der Waals surface area (Å²) < 4.78 is 13.0. The molecule has 1 atom stereocenters. The van der Waals surface area contributed by atoms with Crippen LogP contribution in [-0.2, 0) is 9.59 Å². The van der Waals surface area contributed by atoms with Gasteiger partial charge in [-0.3, -0.25) is 24.8 Å². The first kappa shape index (κ1) is 15.8. The van der Waals surface area contributed by atoms with Crippen LogP contribution in [0, 0.1) is 5.82 Å². The normalized spacial score (nSPS) is 17.2. The molecule has 0 saturated carbocycles. The van der Waals surface area contributed by atoms with Gasteiger partial charge >= 0.3 is 0 Å². The van der Waals surface area contributed by atoms with Gasteiger partial charge in [0, 0.05) is 18.0 Å². The second kappa shape index (κ2) is 6.55. The number of hydrogen-bond donors (Lipinski definition) is 2. The molecule has 24 heavy (non-hydrogen) atoms. The fourth-order valence-electron chi connectivity index (χ4n) is 2.33. The lowest BCUT2D eigenvalue weighted by atomic mass is 10.2. The molecule has 1 aliphatic rings. The largest absolute Gasteiger partial charge is 0.287 e. The van der Waals surface area contributed by atoms with Gasteiger partial charge in [0.05, 0.1) is 12.1 Å². The van der Waals surface area contributed by atoms with E-state index in [2.05, 4.69) is 15.8 Å². The molecule has 0 radical (unpaired) electrons. The van der Waals surface area contributed by atoms with E-state index >= 15 is 0 Å². The highest BCUT2D eigenvalue weighted by Crippen LogP contribution is 2.22. The highest BCUT2D eigenvalue weighted by molar-refractivity contribution is 6.22. The van der Waals surface area contributed by atoms with Crippen LogP contribution in [0.1, 0.15) is 16.8 Å². The number of anilines is 1. The maximum Gasteiger partial charge on any atom is 0.265 e.